The summed E-state index contributed by atoms with van der Waals surface area (Å²) in [6.07, 6.45) is 0.561. The number of allylic oxidation sites excluding steroid dienone is 1. The molecule has 1 heterocycles. The molecule has 0 aromatic carbocycles. The van der Waals surface area contributed by atoms with E-state index in [1.165, 1.54) is 4.90 Å². The molecule has 0 bridgehead atoms. The molecule has 5 heteroatoms. The van der Waals surface area contributed by atoms with Crippen molar-refractivity contribution in [3.8, 4) is 0 Å². The molecule has 1 fully saturated rings. The quantitative estimate of drug-likeness (QED) is 0.678. The first kappa shape index (κ1) is 10.6. The van der Waals surface area contributed by atoms with Crippen molar-refractivity contribution >= 4 is 12.1 Å². The maximum absolute atomic E-state index is 11.4. The van der Waals surface area contributed by atoms with Crippen molar-refractivity contribution in [2.24, 2.45) is 0 Å². The Morgan fingerprint density at radius 3 is 2.71 bits per heavy atom. The summed E-state index contributed by atoms with van der Waals surface area (Å²) in [7, 11) is 0. The van der Waals surface area contributed by atoms with E-state index in [0.717, 1.165) is 0 Å². The SMILES string of the molecule is C=C(C)OC(=O)N1CCC[C@H]1C(=O)O. The van der Waals surface area contributed by atoms with Gasteiger partial charge in [0.15, 0.2) is 0 Å². The molecule has 0 aliphatic carbocycles. The zero-order valence-corrected chi connectivity index (χ0v) is 8.02. The third-order valence-electron chi connectivity index (χ3n) is 2.03. The van der Waals surface area contributed by atoms with Crippen molar-refractivity contribution in [1.29, 1.82) is 0 Å². The van der Waals surface area contributed by atoms with Crippen molar-refractivity contribution < 1.29 is 19.4 Å². The summed E-state index contributed by atoms with van der Waals surface area (Å²) in [5, 5.41) is 8.79. The monoisotopic (exact) mass is 199 g/mol. The summed E-state index contributed by atoms with van der Waals surface area (Å²) >= 11 is 0. The number of carbonyl (C=O) groups excluding carboxylic acids is 1. The van der Waals surface area contributed by atoms with Crippen molar-refractivity contribution in [2.75, 3.05) is 6.54 Å². The largest absolute Gasteiger partial charge is 0.480 e. The third-order valence-corrected chi connectivity index (χ3v) is 2.03. The van der Waals surface area contributed by atoms with E-state index in [1.54, 1.807) is 6.92 Å². The van der Waals surface area contributed by atoms with Crippen LogP contribution in [0.25, 0.3) is 0 Å². The Bertz CT molecular complexity index is 274. The van der Waals surface area contributed by atoms with Gasteiger partial charge < -0.3 is 9.84 Å². The molecule has 0 aromatic heterocycles. The summed E-state index contributed by atoms with van der Waals surface area (Å²) in [4.78, 5) is 23.3. The summed E-state index contributed by atoms with van der Waals surface area (Å²) in [6.45, 7) is 5.40. The van der Waals surface area contributed by atoms with E-state index < -0.39 is 18.1 Å². The van der Waals surface area contributed by atoms with Gasteiger partial charge in [0.25, 0.3) is 0 Å². The number of aliphatic carboxylic acids is 1. The number of hydrogen-bond donors (Lipinski definition) is 1. The number of nitrogens with zero attached hydrogens (tertiary/aromatic N) is 1. The highest BCUT2D eigenvalue weighted by molar-refractivity contribution is 5.80. The van der Waals surface area contributed by atoms with E-state index >= 15 is 0 Å². The highest BCUT2D eigenvalue weighted by Crippen LogP contribution is 2.18. The zero-order valence-electron chi connectivity index (χ0n) is 8.02. The average Bonchev–Trinajstić information content (AvgIpc) is 2.49. The molecule has 5 nitrogen and oxygen atoms in total. The fraction of sp³-hybridized carbons (Fsp3) is 0.556. The maximum Gasteiger partial charge on any atom is 0.415 e. The van der Waals surface area contributed by atoms with Gasteiger partial charge in [0.05, 0.1) is 5.76 Å². The lowest BCUT2D eigenvalue weighted by Gasteiger charge is -2.20. The van der Waals surface area contributed by atoms with Crippen molar-refractivity contribution in [1.82, 2.24) is 4.90 Å². The molecule has 0 aromatic rings. The number of rotatable bonds is 2. The number of hydrogen-bond acceptors (Lipinski definition) is 3. The van der Waals surface area contributed by atoms with E-state index in [9.17, 15) is 9.59 Å². The molecule has 0 radical (unpaired) electrons. The highest BCUT2D eigenvalue weighted by atomic mass is 16.6. The first-order valence-electron chi connectivity index (χ1n) is 4.39. The van der Waals surface area contributed by atoms with Gasteiger partial charge in [-0.05, 0) is 19.8 Å². The van der Waals surface area contributed by atoms with Crippen LogP contribution >= 0.6 is 0 Å². The second-order valence-electron chi connectivity index (χ2n) is 3.26. The van der Waals surface area contributed by atoms with Gasteiger partial charge in [-0.3, -0.25) is 4.90 Å². The second kappa shape index (κ2) is 4.13. The predicted octanol–water partition coefficient (Wildman–Crippen LogP) is 1.21. The molecule has 1 rings (SSSR count). The molecule has 1 aliphatic rings. The van der Waals surface area contributed by atoms with Crippen LogP contribution in [0.4, 0.5) is 4.79 Å². The van der Waals surface area contributed by atoms with E-state index in [1.807, 2.05) is 0 Å². The van der Waals surface area contributed by atoms with E-state index in [-0.39, 0.29) is 5.76 Å². The molecule has 1 amide bonds. The second-order valence-corrected chi connectivity index (χ2v) is 3.26. The van der Waals surface area contributed by atoms with Gasteiger partial charge in [-0.1, -0.05) is 6.58 Å². The minimum Gasteiger partial charge on any atom is -0.480 e. The van der Waals surface area contributed by atoms with Crippen molar-refractivity contribution in [3.63, 3.8) is 0 Å². The Balaban J connectivity index is 2.62. The minimum absolute atomic E-state index is 0.269. The molecule has 78 valence electrons. The normalized spacial score (nSPS) is 20.6. The first-order chi connectivity index (χ1) is 6.52. The molecule has 1 saturated heterocycles. The standard InChI is InChI=1S/C9H13NO4/c1-6(2)14-9(13)10-5-3-4-7(10)8(11)12/h7H,1,3-5H2,2H3,(H,11,12)/t7-/m0/s1. The molecular weight excluding hydrogens is 186 g/mol. The van der Waals surface area contributed by atoms with Gasteiger partial charge in [-0.2, -0.15) is 0 Å². The van der Waals surface area contributed by atoms with Gasteiger partial charge in [-0.15, -0.1) is 0 Å². The maximum atomic E-state index is 11.4. The summed E-state index contributed by atoms with van der Waals surface area (Å²) in [5.41, 5.74) is 0. The lowest BCUT2D eigenvalue weighted by Crippen LogP contribution is -2.40. The van der Waals surface area contributed by atoms with Crippen LogP contribution in [0.1, 0.15) is 19.8 Å². The van der Waals surface area contributed by atoms with Gasteiger partial charge in [0.2, 0.25) is 0 Å². The molecule has 1 atom stereocenters. The Kier molecular flexibility index (Phi) is 3.11. The Morgan fingerprint density at radius 2 is 2.21 bits per heavy atom. The lowest BCUT2D eigenvalue weighted by molar-refractivity contribution is -0.141. The van der Waals surface area contributed by atoms with E-state index in [0.29, 0.717) is 19.4 Å². The van der Waals surface area contributed by atoms with Crippen LogP contribution in [0.5, 0.6) is 0 Å². The Morgan fingerprint density at radius 1 is 1.57 bits per heavy atom. The van der Waals surface area contributed by atoms with Crippen LogP contribution < -0.4 is 0 Å². The Labute approximate surface area is 82.0 Å². The number of carboxylic acids is 1. The summed E-state index contributed by atoms with van der Waals surface area (Å²) in [6, 6.07) is -0.748. The number of amides is 1. The molecule has 14 heavy (non-hydrogen) atoms. The molecule has 1 N–H and O–H groups in total. The Hall–Kier alpha value is -1.52. The fourth-order valence-electron chi connectivity index (χ4n) is 1.45. The number of carboxylic acid groups (broad SMARTS) is 1. The third kappa shape index (κ3) is 2.25. The van der Waals surface area contributed by atoms with Crippen LogP contribution in [-0.2, 0) is 9.53 Å². The number of likely N-dealkylation sites (tertiary alicyclic amines) is 1. The summed E-state index contributed by atoms with van der Waals surface area (Å²) < 4.78 is 4.74. The number of ether oxygens (including phenoxy) is 1. The average molecular weight is 199 g/mol. The first-order valence-corrected chi connectivity index (χ1v) is 4.39. The number of carbonyl (C=O) groups is 2. The van der Waals surface area contributed by atoms with Gasteiger partial charge >= 0.3 is 12.1 Å². The molecular formula is C9H13NO4. The lowest BCUT2D eigenvalue weighted by atomic mass is 10.2. The predicted molar refractivity (Wildman–Crippen MR) is 48.7 cm³/mol. The van der Waals surface area contributed by atoms with Crippen LogP contribution in [0.2, 0.25) is 0 Å². The van der Waals surface area contributed by atoms with Gasteiger partial charge in [-0.25, -0.2) is 9.59 Å². The van der Waals surface area contributed by atoms with Crippen molar-refractivity contribution in [3.05, 3.63) is 12.3 Å². The van der Waals surface area contributed by atoms with Crippen LogP contribution in [0.3, 0.4) is 0 Å². The fourth-order valence-corrected chi connectivity index (χ4v) is 1.45. The topological polar surface area (TPSA) is 66.8 Å². The van der Waals surface area contributed by atoms with Crippen molar-refractivity contribution in [2.45, 2.75) is 25.8 Å². The molecule has 1 aliphatic heterocycles. The van der Waals surface area contributed by atoms with E-state index in [4.69, 9.17) is 9.84 Å². The van der Waals surface area contributed by atoms with Crippen LogP contribution in [0.15, 0.2) is 12.3 Å². The van der Waals surface area contributed by atoms with Gasteiger partial charge in [0, 0.05) is 6.54 Å². The highest BCUT2D eigenvalue weighted by Gasteiger charge is 2.34. The van der Waals surface area contributed by atoms with Gasteiger partial charge in [0.1, 0.15) is 6.04 Å². The molecule has 0 spiro atoms. The molecule has 0 saturated carbocycles. The smallest absolute Gasteiger partial charge is 0.415 e. The zero-order chi connectivity index (χ0) is 10.7. The van der Waals surface area contributed by atoms with Crippen LogP contribution in [-0.4, -0.2) is 34.7 Å². The van der Waals surface area contributed by atoms with E-state index in [2.05, 4.69) is 6.58 Å². The molecule has 0 unspecified atom stereocenters. The summed E-state index contributed by atoms with van der Waals surface area (Å²) in [5.74, 6) is -0.716. The van der Waals surface area contributed by atoms with Crippen LogP contribution in [0, 0.1) is 0 Å². The minimum atomic E-state index is -0.985.